The number of nitrogens with one attached hydrogen (secondary N) is 1. The van der Waals surface area contributed by atoms with Crippen LogP contribution in [0.5, 0.6) is 0 Å². The van der Waals surface area contributed by atoms with Crippen molar-refractivity contribution in [1.29, 1.82) is 0 Å². The van der Waals surface area contributed by atoms with Gasteiger partial charge >= 0.3 is 11.6 Å². The van der Waals surface area contributed by atoms with Gasteiger partial charge in [0.25, 0.3) is 0 Å². The van der Waals surface area contributed by atoms with Gasteiger partial charge < -0.3 is 19.4 Å². The van der Waals surface area contributed by atoms with Crippen molar-refractivity contribution in [3.63, 3.8) is 0 Å². The van der Waals surface area contributed by atoms with Crippen LogP contribution in [0.15, 0.2) is 57.7 Å². The van der Waals surface area contributed by atoms with Crippen molar-refractivity contribution in [2.75, 3.05) is 16.8 Å². The van der Waals surface area contributed by atoms with E-state index in [1.54, 1.807) is 23.1 Å². The zero-order valence-electron chi connectivity index (χ0n) is 18.4. The smallest absolute Gasteiger partial charge is 0.336 e. The fourth-order valence-electron chi connectivity index (χ4n) is 3.92. The topological polar surface area (TPSA) is 106 Å². The van der Waals surface area contributed by atoms with E-state index in [2.05, 4.69) is 12.2 Å². The van der Waals surface area contributed by atoms with Gasteiger partial charge in [0.05, 0.1) is 5.92 Å². The molecule has 3 aromatic rings. The Morgan fingerprint density at radius 2 is 1.88 bits per heavy atom. The molecule has 1 aliphatic rings. The van der Waals surface area contributed by atoms with E-state index in [-0.39, 0.29) is 37.0 Å². The maximum atomic E-state index is 12.7. The summed E-state index contributed by atoms with van der Waals surface area (Å²) in [4.78, 5) is 50.0. The van der Waals surface area contributed by atoms with Crippen LogP contribution in [-0.4, -0.2) is 24.3 Å². The first kappa shape index (κ1) is 22.3. The number of hydrogen-bond donors (Lipinski definition) is 1. The summed E-state index contributed by atoms with van der Waals surface area (Å²) in [6, 6.07) is 13.9. The number of aryl methyl sites for hydroxylation is 1. The molecule has 1 atom stereocenters. The van der Waals surface area contributed by atoms with Crippen LogP contribution in [0, 0.1) is 5.92 Å². The lowest BCUT2D eigenvalue weighted by atomic mass is 10.1. The molecule has 1 unspecified atom stereocenters. The number of fused-ring (bicyclic) bond motifs is 1. The molecule has 8 heteroatoms. The van der Waals surface area contributed by atoms with Gasteiger partial charge in [-0.15, -0.1) is 0 Å². The van der Waals surface area contributed by atoms with Gasteiger partial charge in [-0.3, -0.25) is 14.4 Å². The summed E-state index contributed by atoms with van der Waals surface area (Å²) in [6.07, 6.45) is 0.983. The summed E-state index contributed by atoms with van der Waals surface area (Å²) in [5.41, 5.74) is 2.59. The zero-order valence-corrected chi connectivity index (χ0v) is 18.4. The van der Waals surface area contributed by atoms with Gasteiger partial charge in [0.15, 0.2) is 0 Å². The van der Waals surface area contributed by atoms with Crippen molar-refractivity contribution >= 4 is 40.1 Å². The Morgan fingerprint density at radius 1 is 1.12 bits per heavy atom. The molecule has 2 aromatic carbocycles. The predicted molar refractivity (Wildman–Crippen MR) is 123 cm³/mol. The van der Waals surface area contributed by atoms with E-state index < -0.39 is 17.5 Å². The maximum Gasteiger partial charge on any atom is 0.336 e. The molecule has 8 nitrogen and oxygen atoms in total. The summed E-state index contributed by atoms with van der Waals surface area (Å²) in [5, 5.41) is 3.22. The minimum Gasteiger partial charge on any atom is -0.461 e. The van der Waals surface area contributed by atoms with Crippen LogP contribution in [0.4, 0.5) is 11.4 Å². The lowest BCUT2D eigenvalue weighted by molar-refractivity contribution is -0.149. The number of benzene rings is 2. The number of esters is 1. The van der Waals surface area contributed by atoms with Crippen molar-refractivity contribution in [3.8, 4) is 0 Å². The molecule has 0 bridgehead atoms. The standard InChI is InChI=1S/C25H24N2O6/c1-3-16-4-7-20(8-5-16)27-13-17(10-23(27)29)25(31)32-14-18-11-24(30)33-22-12-19(26-15(2)28)6-9-21(18)22/h4-9,11-12,17H,3,10,13-14H2,1-2H3,(H,26,28). The van der Waals surface area contributed by atoms with Crippen molar-refractivity contribution < 1.29 is 23.5 Å². The number of hydrogen-bond acceptors (Lipinski definition) is 6. The molecule has 0 spiro atoms. The van der Waals surface area contributed by atoms with Gasteiger partial charge in [0.1, 0.15) is 12.2 Å². The maximum absolute atomic E-state index is 12.7. The monoisotopic (exact) mass is 448 g/mol. The summed E-state index contributed by atoms with van der Waals surface area (Å²) in [6.45, 7) is 3.56. The van der Waals surface area contributed by atoms with E-state index in [0.29, 0.717) is 16.6 Å². The molecule has 170 valence electrons. The highest BCUT2D eigenvalue weighted by Crippen LogP contribution is 2.27. The summed E-state index contributed by atoms with van der Waals surface area (Å²) < 4.78 is 10.7. The molecule has 0 saturated carbocycles. The Bertz CT molecular complexity index is 1280. The fraction of sp³-hybridized carbons (Fsp3) is 0.280. The van der Waals surface area contributed by atoms with Crippen molar-refractivity contribution in [2.24, 2.45) is 5.92 Å². The Labute approximate surface area is 190 Å². The fourth-order valence-corrected chi connectivity index (χ4v) is 3.92. The lowest BCUT2D eigenvalue weighted by Gasteiger charge is -2.17. The minimum absolute atomic E-state index is 0.0755. The van der Waals surface area contributed by atoms with Crippen LogP contribution < -0.4 is 15.8 Å². The van der Waals surface area contributed by atoms with Crippen molar-refractivity contribution in [2.45, 2.75) is 33.3 Å². The average molecular weight is 448 g/mol. The van der Waals surface area contributed by atoms with E-state index >= 15 is 0 Å². The summed E-state index contributed by atoms with van der Waals surface area (Å²) in [7, 11) is 0. The zero-order chi connectivity index (χ0) is 23.5. The number of rotatable bonds is 6. The largest absolute Gasteiger partial charge is 0.461 e. The predicted octanol–water partition coefficient (Wildman–Crippen LogP) is 3.41. The molecule has 1 aromatic heterocycles. The van der Waals surface area contributed by atoms with E-state index in [0.717, 1.165) is 12.1 Å². The van der Waals surface area contributed by atoms with Gasteiger partial charge in [0.2, 0.25) is 11.8 Å². The first-order chi connectivity index (χ1) is 15.8. The molecule has 0 aliphatic carbocycles. The number of ether oxygens (including phenoxy) is 1. The lowest BCUT2D eigenvalue weighted by Crippen LogP contribution is -2.26. The van der Waals surface area contributed by atoms with Crippen molar-refractivity contribution in [1.82, 2.24) is 0 Å². The van der Waals surface area contributed by atoms with E-state index in [9.17, 15) is 19.2 Å². The van der Waals surface area contributed by atoms with E-state index in [4.69, 9.17) is 9.15 Å². The minimum atomic E-state index is -0.591. The van der Waals surface area contributed by atoms with Crippen LogP contribution in [0.25, 0.3) is 11.0 Å². The van der Waals surface area contributed by atoms with Gasteiger partial charge in [-0.25, -0.2) is 4.79 Å². The first-order valence-electron chi connectivity index (χ1n) is 10.7. The summed E-state index contributed by atoms with van der Waals surface area (Å²) >= 11 is 0. The Hall–Kier alpha value is -3.94. The van der Waals surface area contributed by atoms with E-state index in [1.165, 1.54) is 18.6 Å². The molecule has 2 amide bonds. The Balaban J connectivity index is 1.45. The second-order valence-corrected chi connectivity index (χ2v) is 8.02. The molecule has 33 heavy (non-hydrogen) atoms. The van der Waals surface area contributed by atoms with Crippen molar-refractivity contribution in [3.05, 3.63) is 70.1 Å². The number of carbonyl (C=O) groups excluding carboxylic acids is 3. The first-order valence-corrected chi connectivity index (χ1v) is 10.7. The van der Waals surface area contributed by atoms with Gasteiger partial charge in [-0.2, -0.15) is 0 Å². The van der Waals surface area contributed by atoms with Crippen LogP contribution >= 0.6 is 0 Å². The second-order valence-electron chi connectivity index (χ2n) is 8.02. The Kier molecular flexibility index (Phi) is 6.26. The molecule has 0 radical (unpaired) electrons. The summed E-state index contributed by atoms with van der Waals surface area (Å²) in [5.74, 6) is -1.45. The molecular weight excluding hydrogens is 424 g/mol. The molecule has 1 saturated heterocycles. The molecule has 1 N–H and O–H groups in total. The van der Waals surface area contributed by atoms with Gasteiger partial charge in [-0.1, -0.05) is 19.1 Å². The van der Waals surface area contributed by atoms with E-state index in [1.807, 2.05) is 24.3 Å². The highest BCUT2D eigenvalue weighted by atomic mass is 16.5. The highest BCUT2D eigenvalue weighted by Gasteiger charge is 2.36. The average Bonchev–Trinajstić information content (AvgIpc) is 3.18. The molecule has 1 fully saturated rings. The number of amides is 2. The SMILES string of the molecule is CCc1ccc(N2CC(C(=O)OCc3cc(=O)oc4cc(NC(C)=O)ccc34)CC2=O)cc1. The molecule has 2 heterocycles. The third kappa shape index (κ3) is 4.95. The van der Waals surface area contributed by atoms with Crippen LogP contribution in [0.3, 0.4) is 0 Å². The van der Waals surface area contributed by atoms with Crippen LogP contribution in [-0.2, 0) is 32.1 Å². The highest BCUT2D eigenvalue weighted by molar-refractivity contribution is 5.99. The number of anilines is 2. The van der Waals surface area contributed by atoms with Crippen LogP contribution in [0.2, 0.25) is 0 Å². The number of carbonyl (C=O) groups is 3. The third-order valence-corrected chi connectivity index (χ3v) is 5.64. The normalized spacial score (nSPS) is 15.6. The number of nitrogens with zero attached hydrogens (tertiary/aromatic N) is 1. The van der Waals surface area contributed by atoms with Gasteiger partial charge in [-0.05, 0) is 36.2 Å². The molecular formula is C25H24N2O6. The molecule has 1 aliphatic heterocycles. The van der Waals surface area contributed by atoms with Crippen LogP contribution in [0.1, 0.15) is 31.4 Å². The Morgan fingerprint density at radius 3 is 2.58 bits per heavy atom. The quantitative estimate of drug-likeness (QED) is 0.458. The molecule has 4 rings (SSSR count). The van der Waals surface area contributed by atoms with Gasteiger partial charge in [0, 0.05) is 54.3 Å². The third-order valence-electron chi connectivity index (χ3n) is 5.64. The second kappa shape index (κ2) is 9.28.